The maximum atomic E-state index is 10.8. The second-order valence-electron chi connectivity index (χ2n) is 3.18. The minimum absolute atomic E-state index is 0.109. The van der Waals surface area contributed by atoms with Crippen LogP contribution in [0.2, 0.25) is 0 Å². The number of ether oxygens (including phenoxy) is 1. The SMILES string of the molecule is COc1c(CS(=O)[O-])ccc(C(=O)O)c1C. The second-order valence-corrected chi connectivity index (χ2v) is 4.08. The van der Waals surface area contributed by atoms with E-state index < -0.39 is 17.0 Å². The summed E-state index contributed by atoms with van der Waals surface area (Å²) in [5.74, 6) is -0.945. The van der Waals surface area contributed by atoms with Crippen molar-refractivity contribution in [3.8, 4) is 5.75 Å². The van der Waals surface area contributed by atoms with Crippen molar-refractivity contribution in [2.45, 2.75) is 12.7 Å². The molecule has 0 bridgehead atoms. The van der Waals surface area contributed by atoms with Crippen LogP contribution in [0, 0.1) is 6.92 Å². The molecule has 6 heteroatoms. The van der Waals surface area contributed by atoms with E-state index in [0.29, 0.717) is 16.9 Å². The van der Waals surface area contributed by atoms with Crippen molar-refractivity contribution < 1.29 is 23.4 Å². The van der Waals surface area contributed by atoms with Crippen LogP contribution in [-0.4, -0.2) is 26.9 Å². The van der Waals surface area contributed by atoms with Gasteiger partial charge in [0.25, 0.3) is 0 Å². The Morgan fingerprint density at radius 2 is 2.19 bits per heavy atom. The molecule has 0 saturated carbocycles. The number of hydrogen-bond acceptors (Lipinski definition) is 4. The van der Waals surface area contributed by atoms with Gasteiger partial charge in [-0.15, -0.1) is 0 Å². The normalized spacial score (nSPS) is 12.2. The highest BCUT2D eigenvalue weighted by Gasteiger charge is 2.14. The van der Waals surface area contributed by atoms with Gasteiger partial charge >= 0.3 is 5.97 Å². The number of benzene rings is 1. The monoisotopic (exact) mass is 243 g/mol. The van der Waals surface area contributed by atoms with E-state index >= 15 is 0 Å². The molecule has 0 aromatic heterocycles. The van der Waals surface area contributed by atoms with E-state index in [0.717, 1.165) is 0 Å². The highest BCUT2D eigenvalue weighted by Crippen LogP contribution is 2.27. The second kappa shape index (κ2) is 5.09. The van der Waals surface area contributed by atoms with Gasteiger partial charge in [-0.1, -0.05) is 17.1 Å². The predicted octanol–water partition coefficient (Wildman–Crippen LogP) is 1.08. The van der Waals surface area contributed by atoms with Crippen LogP contribution >= 0.6 is 0 Å². The molecule has 0 spiro atoms. The first-order valence-corrected chi connectivity index (χ1v) is 5.67. The number of methoxy groups -OCH3 is 1. The first-order valence-electron chi connectivity index (χ1n) is 4.43. The summed E-state index contributed by atoms with van der Waals surface area (Å²) in [5.41, 5.74) is 0.994. The maximum absolute atomic E-state index is 10.8. The van der Waals surface area contributed by atoms with Crippen LogP contribution in [0.15, 0.2) is 12.1 Å². The zero-order valence-electron chi connectivity index (χ0n) is 8.85. The summed E-state index contributed by atoms with van der Waals surface area (Å²) >= 11 is -2.23. The Kier molecular flexibility index (Phi) is 4.03. The lowest BCUT2D eigenvalue weighted by Crippen LogP contribution is -2.05. The first-order chi connectivity index (χ1) is 7.47. The number of carboxylic acid groups (broad SMARTS) is 1. The summed E-state index contributed by atoms with van der Waals surface area (Å²) in [7, 11) is 1.38. The quantitative estimate of drug-likeness (QED) is 0.799. The van der Waals surface area contributed by atoms with Gasteiger partial charge in [0.05, 0.1) is 12.7 Å². The fourth-order valence-electron chi connectivity index (χ4n) is 1.50. The first kappa shape index (κ1) is 12.7. The molecule has 1 atom stereocenters. The Labute approximate surface area is 95.3 Å². The lowest BCUT2D eigenvalue weighted by molar-refractivity contribution is 0.0695. The van der Waals surface area contributed by atoms with E-state index in [1.54, 1.807) is 6.92 Å². The third kappa shape index (κ3) is 2.59. The van der Waals surface area contributed by atoms with E-state index in [1.165, 1.54) is 19.2 Å². The summed E-state index contributed by atoms with van der Waals surface area (Å²) in [4.78, 5) is 10.8. The number of rotatable bonds is 4. The van der Waals surface area contributed by atoms with E-state index in [4.69, 9.17) is 9.84 Å². The molecule has 1 aromatic carbocycles. The molecule has 5 nitrogen and oxygen atoms in total. The fraction of sp³-hybridized carbons (Fsp3) is 0.300. The summed E-state index contributed by atoms with van der Waals surface area (Å²) in [5, 5.41) is 8.88. The van der Waals surface area contributed by atoms with Crippen LogP contribution in [0.1, 0.15) is 21.5 Å². The highest BCUT2D eigenvalue weighted by atomic mass is 32.2. The molecular formula is C10H11O5S-. The summed E-state index contributed by atoms with van der Waals surface area (Å²) in [6, 6.07) is 2.83. The molecule has 0 heterocycles. The Hall–Kier alpha value is -1.40. The van der Waals surface area contributed by atoms with E-state index in [1.807, 2.05) is 0 Å². The molecule has 1 aromatic rings. The van der Waals surface area contributed by atoms with Crippen molar-refractivity contribution >= 4 is 17.0 Å². The largest absolute Gasteiger partial charge is 0.772 e. The van der Waals surface area contributed by atoms with Gasteiger partial charge in [-0.25, -0.2) is 4.79 Å². The molecule has 0 aliphatic carbocycles. The molecule has 0 aliphatic heterocycles. The van der Waals surface area contributed by atoms with Gasteiger partial charge in [0.1, 0.15) is 5.75 Å². The minimum atomic E-state index is -2.23. The van der Waals surface area contributed by atoms with Gasteiger partial charge in [0.2, 0.25) is 0 Å². The zero-order valence-corrected chi connectivity index (χ0v) is 9.67. The Morgan fingerprint density at radius 3 is 2.62 bits per heavy atom. The molecule has 0 aliphatic rings. The van der Waals surface area contributed by atoms with Gasteiger partial charge < -0.3 is 14.4 Å². The van der Waals surface area contributed by atoms with Crippen molar-refractivity contribution in [2.75, 3.05) is 7.11 Å². The molecule has 0 amide bonds. The number of carboxylic acids is 1. The summed E-state index contributed by atoms with van der Waals surface area (Å²) < 4.78 is 26.2. The van der Waals surface area contributed by atoms with E-state index in [-0.39, 0.29) is 11.3 Å². The predicted molar refractivity (Wildman–Crippen MR) is 57.3 cm³/mol. The lowest BCUT2D eigenvalue weighted by atomic mass is 10.0. The van der Waals surface area contributed by atoms with Gasteiger partial charge in [0.15, 0.2) is 0 Å². The molecule has 1 rings (SSSR count). The Balaban J connectivity index is 3.29. The average Bonchev–Trinajstić information content (AvgIpc) is 2.16. The molecular weight excluding hydrogens is 232 g/mol. The van der Waals surface area contributed by atoms with Gasteiger partial charge in [0, 0.05) is 16.9 Å². The van der Waals surface area contributed by atoms with Crippen molar-refractivity contribution in [3.63, 3.8) is 0 Å². The van der Waals surface area contributed by atoms with Crippen LogP contribution in [0.5, 0.6) is 5.75 Å². The van der Waals surface area contributed by atoms with E-state index in [9.17, 15) is 13.6 Å². The van der Waals surface area contributed by atoms with Crippen LogP contribution in [0.3, 0.4) is 0 Å². The minimum Gasteiger partial charge on any atom is -0.772 e. The molecule has 88 valence electrons. The highest BCUT2D eigenvalue weighted by molar-refractivity contribution is 7.78. The topological polar surface area (TPSA) is 86.7 Å². The van der Waals surface area contributed by atoms with E-state index in [2.05, 4.69) is 0 Å². The average molecular weight is 243 g/mol. The lowest BCUT2D eigenvalue weighted by Gasteiger charge is -2.14. The standard InChI is InChI=1S/C10H12O5S/c1-6-8(10(11)12)4-3-7(5-16(13)14)9(6)15-2/h3-4H,5H2,1-2H3,(H,11,12)(H,13,14)/p-1. The van der Waals surface area contributed by atoms with Crippen molar-refractivity contribution in [3.05, 3.63) is 28.8 Å². The smallest absolute Gasteiger partial charge is 0.336 e. The third-order valence-electron chi connectivity index (χ3n) is 2.20. The fourth-order valence-corrected chi connectivity index (χ4v) is 1.99. The van der Waals surface area contributed by atoms with Crippen molar-refractivity contribution in [2.24, 2.45) is 0 Å². The summed E-state index contributed by atoms with van der Waals surface area (Å²) in [6.45, 7) is 1.58. The molecule has 16 heavy (non-hydrogen) atoms. The van der Waals surface area contributed by atoms with Crippen LogP contribution in [0.25, 0.3) is 0 Å². The number of aromatic carboxylic acids is 1. The molecule has 1 N–H and O–H groups in total. The summed E-state index contributed by atoms with van der Waals surface area (Å²) in [6.07, 6.45) is 0. The number of carbonyl (C=O) groups is 1. The molecule has 0 radical (unpaired) electrons. The Morgan fingerprint density at radius 1 is 1.56 bits per heavy atom. The Bertz CT molecular complexity index is 441. The van der Waals surface area contributed by atoms with Crippen LogP contribution in [0.4, 0.5) is 0 Å². The molecule has 0 fully saturated rings. The van der Waals surface area contributed by atoms with Crippen molar-refractivity contribution in [1.29, 1.82) is 0 Å². The van der Waals surface area contributed by atoms with Crippen molar-refractivity contribution in [1.82, 2.24) is 0 Å². The van der Waals surface area contributed by atoms with Gasteiger partial charge in [-0.2, -0.15) is 0 Å². The number of hydrogen-bond donors (Lipinski definition) is 1. The molecule has 0 saturated heterocycles. The third-order valence-corrected chi connectivity index (χ3v) is 2.74. The van der Waals surface area contributed by atoms with Gasteiger partial charge in [-0.3, -0.25) is 4.21 Å². The van der Waals surface area contributed by atoms with Crippen LogP contribution in [-0.2, 0) is 16.8 Å². The van der Waals surface area contributed by atoms with Gasteiger partial charge in [-0.05, 0) is 13.0 Å². The van der Waals surface area contributed by atoms with Crippen LogP contribution < -0.4 is 4.74 Å². The zero-order chi connectivity index (χ0) is 12.3. The molecule has 1 unspecified atom stereocenters. The maximum Gasteiger partial charge on any atom is 0.336 e.